The highest BCUT2D eigenvalue weighted by atomic mass is 79.9. The van der Waals surface area contributed by atoms with Crippen LogP contribution < -0.4 is 29.1 Å². The minimum Gasteiger partial charge on any atom is -0.490 e. The van der Waals surface area contributed by atoms with Crippen LogP contribution >= 0.6 is 15.9 Å². The number of benzene rings is 5. The maximum Gasteiger partial charge on any atom is 0.271 e. The third-order valence-electron chi connectivity index (χ3n) is 7.02. The summed E-state index contributed by atoms with van der Waals surface area (Å²) in [5.74, 6) is 2.56. The van der Waals surface area contributed by atoms with E-state index in [0.29, 0.717) is 66.3 Å². The van der Waals surface area contributed by atoms with Gasteiger partial charge in [0.15, 0.2) is 23.0 Å². The highest BCUT2D eigenvalue weighted by molar-refractivity contribution is 9.10. The van der Waals surface area contributed by atoms with Crippen LogP contribution in [0.15, 0.2) is 125 Å². The molecule has 5 rings (SSSR count). The van der Waals surface area contributed by atoms with Crippen molar-refractivity contribution in [1.82, 2.24) is 5.43 Å². The van der Waals surface area contributed by atoms with E-state index in [2.05, 4.69) is 26.5 Å². The molecule has 0 fully saturated rings. The first-order chi connectivity index (χ1) is 23.5. The highest BCUT2D eigenvalue weighted by Gasteiger charge is 2.13. The largest absolute Gasteiger partial charge is 0.490 e. The standard InChI is InChI=1S/C39H37BrN2O6/c1-3-44-37-21-30(15-18-35(37)47-25-28-11-7-5-8-12-28)27-46-34-20-17-33(40)22-32(34)24-41-42-39(43)31-16-19-36(38(23-31)45-4-2)48-26-29-13-9-6-10-14-29/h5-24H,3-4,25-27H2,1-2H3,(H,42,43)/b41-24+. The number of ether oxygens (including phenoxy) is 5. The Hall–Kier alpha value is -5.28. The topological polar surface area (TPSA) is 87.6 Å². The van der Waals surface area contributed by atoms with Crippen molar-refractivity contribution in [3.05, 3.63) is 148 Å². The van der Waals surface area contributed by atoms with Crippen LogP contribution in [0.25, 0.3) is 0 Å². The summed E-state index contributed by atoms with van der Waals surface area (Å²) >= 11 is 3.51. The lowest BCUT2D eigenvalue weighted by Gasteiger charge is -2.15. The number of amides is 1. The molecule has 0 aliphatic rings. The van der Waals surface area contributed by atoms with Crippen LogP contribution in [0.4, 0.5) is 0 Å². The molecule has 0 aliphatic carbocycles. The minimum absolute atomic E-state index is 0.284. The molecule has 0 saturated carbocycles. The van der Waals surface area contributed by atoms with Crippen LogP contribution in [0.2, 0.25) is 0 Å². The van der Waals surface area contributed by atoms with Crippen LogP contribution in [0.3, 0.4) is 0 Å². The van der Waals surface area contributed by atoms with E-state index < -0.39 is 5.91 Å². The van der Waals surface area contributed by atoms with Crippen LogP contribution in [0, 0.1) is 0 Å². The van der Waals surface area contributed by atoms with E-state index >= 15 is 0 Å². The molecule has 5 aromatic carbocycles. The Kier molecular flexibility index (Phi) is 12.5. The lowest BCUT2D eigenvalue weighted by molar-refractivity contribution is 0.0954. The van der Waals surface area contributed by atoms with Gasteiger partial charge in [-0.25, -0.2) is 5.43 Å². The molecule has 0 spiro atoms. The summed E-state index contributed by atoms with van der Waals surface area (Å²) in [7, 11) is 0. The summed E-state index contributed by atoms with van der Waals surface area (Å²) in [4.78, 5) is 13.0. The van der Waals surface area contributed by atoms with Crippen molar-refractivity contribution < 1.29 is 28.5 Å². The summed E-state index contributed by atoms with van der Waals surface area (Å²) in [5, 5.41) is 4.21. The fourth-order valence-corrected chi connectivity index (χ4v) is 5.05. The molecule has 48 heavy (non-hydrogen) atoms. The minimum atomic E-state index is -0.391. The molecule has 0 radical (unpaired) electrons. The number of carbonyl (C=O) groups is 1. The zero-order chi connectivity index (χ0) is 33.6. The molecule has 0 aliphatic heterocycles. The van der Waals surface area contributed by atoms with E-state index in [0.717, 1.165) is 21.2 Å². The van der Waals surface area contributed by atoms with Gasteiger partial charge in [-0.15, -0.1) is 0 Å². The van der Waals surface area contributed by atoms with Crippen molar-refractivity contribution in [3.63, 3.8) is 0 Å². The van der Waals surface area contributed by atoms with Gasteiger partial charge in [0.25, 0.3) is 5.91 Å². The van der Waals surface area contributed by atoms with Crippen LogP contribution in [0.5, 0.6) is 28.7 Å². The molecule has 246 valence electrons. The van der Waals surface area contributed by atoms with Crippen molar-refractivity contribution in [3.8, 4) is 28.7 Å². The molecule has 1 amide bonds. The normalized spacial score (nSPS) is 10.8. The van der Waals surface area contributed by atoms with Gasteiger partial charge in [0.05, 0.1) is 19.4 Å². The number of hydrogen-bond acceptors (Lipinski definition) is 7. The molecular formula is C39H37BrN2O6. The smallest absolute Gasteiger partial charge is 0.271 e. The molecule has 0 aromatic heterocycles. The Morgan fingerprint density at radius 3 is 1.77 bits per heavy atom. The number of rotatable bonds is 16. The van der Waals surface area contributed by atoms with Gasteiger partial charge in [-0.1, -0.05) is 82.7 Å². The number of hydrogen-bond donors (Lipinski definition) is 1. The van der Waals surface area contributed by atoms with Gasteiger partial charge in [0, 0.05) is 15.6 Å². The number of nitrogens with one attached hydrogen (secondary N) is 1. The molecule has 1 N–H and O–H groups in total. The Morgan fingerprint density at radius 2 is 1.15 bits per heavy atom. The van der Waals surface area contributed by atoms with Gasteiger partial charge in [-0.05, 0) is 79.1 Å². The van der Waals surface area contributed by atoms with E-state index in [1.807, 2.05) is 111 Å². The average molecular weight is 710 g/mol. The summed E-state index contributed by atoms with van der Waals surface area (Å²) in [5.41, 5.74) is 6.68. The van der Waals surface area contributed by atoms with Gasteiger partial charge in [-0.2, -0.15) is 5.10 Å². The number of nitrogens with zero attached hydrogens (tertiary/aromatic N) is 1. The first kappa shape index (κ1) is 34.1. The van der Waals surface area contributed by atoms with Crippen molar-refractivity contribution in [2.24, 2.45) is 5.10 Å². The van der Waals surface area contributed by atoms with Crippen LogP contribution in [0.1, 0.15) is 46.5 Å². The molecule has 0 atom stereocenters. The first-order valence-corrected chi connectivity index (χ1v) is 16.4. The SMILES string of the molecule is CCOc1cc(COc2ccc(Br)cc2/C=N/NC(=O)c2ccc(OCc3ccccc3)c(OCC)c2)ccc1OCc1ccccc1. The Morgan fingerprint density at radius 1 is 0.604 bits per heavy atom. The molecular weight excluding hydrogens is 672 g/mol. The lowest BCUT2D eigenvalue weighted by atomic mass is 10.2. The van der Waals surface area contributed by atoms with E-state index in [-0.39, 0.29) is 6.61 Å². The van der Waals surface area contributed by atoms with Crippen molar-refractivity contribution in [2.75, 3.05) is 13.2 Å². The summed E-state index contributed by atoms with van der Waals surface area (Å²) in [6.07, 6.45) is 1.55. The van der Waals surface area contributed by atoms with E-state index in [4.69, 9.17) is 23.7 Å². The van der Waals surface area contributed by atoms with Gasteiger partial charge in [-0.3, -0.25) is 4.79 Å². The molecule has 0 heterocycles. The number of hydrazone groups is 1. The second kappa shape index (κ2) is 17.6. The Labute approximate surface area is 289 Å². The van der Waals surface area contributed by atoms with E-state index in [9.17, 15) is 4.79 Å². The Balaban J connectivity index is 1.21. The molecule has 8 nitrogen and oxygen atoms in total. The summed E-state index contributed by atoms with van der Waals surface area (Å²) < 4.78 is 30.6. The summed E-state index contributed by atoms with van der Waals surface area (Å²) in [6.45, 7) is 5.86. The Bertz CT molecular complexity index is 1820. The fourth-order valence-electron chi connectivity index (χ4n) is 4.68. The van der Waals surface area contributed by atoms with E-state index in [1.54, 1.807) is 24.4 Å². The van der Waals surface area contributed by atoms with Crippen molar-refractivity contribution in [2.45, 2.75) is 33.7 Å². The van der Waals surface area contributed by atoms with Gasteiger partial charge in [0.1, 0.15) is 25.6 Å². The van der Waals surface area contributed by atoms with Crippen molar-refractivity contribution >= 4 is 28.1 Å². The average Bonchev–Trinajstić information content (AvgIpc) is 3.11. The maximum absolute atomic E-state index is 13.0. The van der Waals surface area contributed by atoms with Gasteiger partial charge < -0.3 is 23.7 Å². The third kappa shape index (κ3) is 9.86. The maximum atomic E-state index is 13.0. The zero-order valence-corrected chi connectivity index (χ0v) is 28.4. The zero-order valence-electron chi connectivity index (χ0n) is 26.9. The second-order valence-corrected chi connectivity index (χ2v) is 11.4. The quantitative estimate of drug-likeness (QED) is 0.0815. The number of halogens is 1. The van der Waals surface area contributed by atoms with Crippen molar-refractivity contribution in [1.29, 1.82) is 0 Å². The molecule has 0 saturated heterocycles. The molecule has 0 bridgehead atoms. The predicted octanol–water partition coefficient (Wildman–Crippen LogP) is 8.75. The summed E-state index contributed by atoms with van der Waals surface area (Å²) in [6, 6.07) is 36.2. The molecule has 5 aromatic rings. The van der Waals surface area contributed by atoms with Crippen LogP contribution in [-0.4, -0.2) is 25.3 Å². The second-order valence-electron chi connectivity index (χ2n) is 10.5. The monoisotopic (exact) mass is 708 g/mol. The molecule has 9 heteroatoms. The van der Waals surface area contributed by atoms with E-state index in [1.165, 1.54) is 0 Å². The predicted molar refractivity (Wildman–Crippen MR) is 190 cm³/mol. The third-order valence-corrected chi connectivity index (χ3v) is 7.52. The fraction of sp³-hybridized carbons (Fsp3) is 0.179. The molecule has 0 unspecified atom stereocenters. The number of carbonyl (C=O) groups excluding carboxylic acids is 1. The van der Waals surface area contributed by atoms with Gasteiger partial charge >= 0.3 is 0 Å². The van der Waals surface area contributed by atoms with Crippen LogP contribution in [-0.2, 0) is 19.8 Å². The first-order valence-electron chi connectivity index (χ1n) is 15.6. The van der Waals surface area contributed by atoms with Gasteiger partial charge in [0.2, 0.25) is 0 Å². The lowest BCUT2D eigenvalue weighted by Crippen LogP contribution is -2.18. The highest BCUT2D eigenvalue weighted by Crippen LogP contribution is 2.31.